The van der Waals surface area contributed by atoms with Gasteiger partial charge >= 0.3 is 0 Å². The molecule has 0 aliphatic rings. The van der Waals surface area contributed by atoms with E-state index in [0.29, 0.717) is 5.56 Å². The quantitative estimate of drug-likeness (QED) is 0.738. The summed E-state index contributed by atoms with van der Waals surface area (Å²) in [4.78, 5) is 11.6. The second kappa shape index (κ2) is 7.56. The summed E-state index contributed by atoms with van der Waals surface area (Å²) >= 11 is 5.80. The van der Waals surface area contributed by atoms with E-state index in [-0.39, 0.29) is 36.2 Å². The second-order valence-corrected chi connectivity index (χ2v) is 6.56. The predicted octanol–water partition coefficient (Wildman–Crippen LogP) is 1.08. The highest BCUT2D eigenvalue weighted by Crippen LogP contribution is 2.17. The first-order chi connectivity index (χ1) is 9.34. The molecule has 5 nitrogen and oxygen atoms in total. The average molecular weight is 323 g/mol. The Morgan fingerprint density at radius 3 is 2.65 bits per heavy atom. The highest BCUT2D eigenvalue weighted by Gasteiger charge is 2.09. The standard InChI is InChI=1S/C12H16ClFN2O3S/c1-2-20(18,19)16-6-5-15-12(17)7-9-3-4-10(14)8-11(9)13/h3-4,8,16H,2,5-7H2,1H3,(H,15,17). The molecule has 0 spiro atoms. The largest absolute Gasteiger partial charge is 0.354 e. The molecule has 20 heavy (non-hydrogen) atoms. The number of carbonyl (C=O) groups excluding carboxylic acids is 1. The summed E-state index contributed by atoms with van der Waals surface area (Å²) in [6.45, 7) is 1.83. The maximum Gasteiger partial charge on any atom is 0.224 e. The van der Waals surface area contributed by atoms with Crippen molar-refractivity contribution in [3.63, 3.8) is 0 Å². The fourth-order valence-corrected chi connectivity index (χ4v) is 2.26. The molecule has 1 rings (SSSR count). The third-order valence-electron chi connectivity index (χ3n) is 2.52. The number of nitrogens with one attached hydrogen (secondary N) is 2. The van der Waals surface area contributed by atoms with Crippen LogP contribution in [0.25, 0.3) is 0 Å². The molecule has 0 saturated heterocycles. The summed E-state index contributed by atoms with van der Waals surface area (Å²) in [5.74, 6) is -0.783. The van der Waals surface area contributed by atoms with E-state index in [9.17, 15) is 17.6 Å². The zero-order chi connectivity index (χ0) is 15.2. The number of halogens is 2. The van der Waals surface area contributed by atoms with Crippen LogP contribution < -0.4 is 10.0 Å². The Morgan fingerprint density at radius 1 is 1.35 bits per heavy atom. The molecule has 0 heterocycles. The molecule has 8 heteroatoms. The smallest absolute Gasteiger partial charge is 0.224 e. The van der Waals surface area contributed by atoms with Crippen LogP contribution in [0.1, 0.15) is 12.5 Å². The van der Waals surface area contributed by atoms with Crippen LogP contribution in [0, 0.1) is 5.82 Å². The molecule has 0 radical (unpaired) electrons. The molecule has 0 aliphatic carbocycles. The van der Waals surface area contributed by atoms with Gasteiger partial charge in [0.1, 0.15) is 5.82 Å². The minimum Gasteiger partial charge on any atom is -0.354 e. The zero-order valence-corrected chi connectivity index (χ0v) is 12.5. The molecule has 1 amide bonds. The first-order valence-corrected chi connectivity index (χ1v) is 8.05. The number of carbonyl (C=O) groups is 1. The number of amides is 1. The van der Waals surface area contributed by atoms with Crippen molar-refractivity contribution < 1.29 is 17.6 Å². The highest BCUT2D eigenvalue weighted by molar-refractivity contribution is 7.89. The van der Waals surface area contributed by atoms with Gasteiger partial charge in [0.15, 0.2) is 0 Å². The molecule has 0 atom stereocenters. The number of hydrogen-bond acceptors (Lipinski definition) is 3. The van der Waals surface area contributed by atoms with Gasteiger partial charge in [-0.25, -0.2) is 17.5 Å². The van der Waals surface area contributed by atoms with Gasteiger partial charge < -0.3 is 5.32 Å². The van der Waals surface area contributed by atoms with Gasteiger partial charge in [-0.3, -0.25) is 4.79 Å². The molecule has 0 aliphatic heterocycles. The third kappa shape index (κ3) is 5.85. The van der Waals surface area contributed by atoms with Gasteiger partial charge in [-0.1, -0.05) is 17.7 Å². The third-order valence-corrected chi connectivity index (χ3v) is 4.27. The Hall–Kier alpha value is -1.18. The van der Waals surface area contributed by atoms with Crippen LogP contribution in [0.3, 0.4) is 0 Å². The van der Waals surface area contributed by atoms with Crippen LogP contribution in [0.15, 0.2) is 18.2 Å². The minimum atomic E-state index is -3.25. The van der Waals surface area contributed by atoms with Crippen LogP contribution in [0.2, 0.25) is 5.02 Å². The molecule has 0 aromatic heterocycles. The predicted molar refractivity (Wildman–Crippen MR) is 75.6 cm³/mol. The van der Waals surface area contributed by atoms with Crippen molar-refractivity contribution in [3.8, 4) is 0 Å². The SMILES string of the molecule is CCS(=O)(=O)NCCNC(=O)Cc1ccc(F)cc1Cl. The fourth-order valence-electron chi connectivity index (χ4n) is 1.41. The summed E-state index contributed by atoms with van der Waals surface area (Å²) in [6, 6.07) is 3.81. The summed E-state index contributed by atoms with van der Waals surface area (Å²) in [7, 11) is -3.25. The normalized spacial score (nSPS) is 11.3. The number of sulfonamides is 1. The molecule has 112 valence electrons. The van der Waals surface area contributed by atoms with Gasteiger partial charge in [0.25, 0.3) is 0 Å². The van der Waals surface area contributed by atoms with Crippen LogP contribution in [-0.2, 0) is 21.2 Å². The molecule has 1 aromatic carbocycles. The lowest BCUT2D eigenvalue weighted by Gasteiger charge is -2.07. The second-order valence-electron chi connectivity index (χ2n) is 4.06. The van der Waals surface area contributed by atoms with E-state index in [2.05, 4.69) is 10.0 Å². The Bertz CT molecular complexity index is 578. The average Bonchev–Trinajstić information content (AvgIpc) is 2.38. The maximum atomic E-state index is 12.8. The van der Waals surface area contributed by atoms with Crippen molar-refractivity contribution >= 4 is 27.5 Å². The first-order valence-electron chi connectivity index (χ1n) is 6.02. The minimum absolute atomic E-state index is 0.00780. The van der Waals surface area contributed by atoms with E-state index < -0.39 is 15.8 Å². The molecule has 1 aromatic rings. The summed E-state index contributed by atoms with van der Waals surface area (Å²) in [5, 5.41) is 2.74. The molecular weight excluding hydrogens is 307 g/mol. The van der Waals surface area contributed by atoms with Crippen molar-refractivity contribution in [3.05, 3.63) is 34.6 Å². The van der Waals surface area contributed by atoms with Gasteiger partial charge in [0.2, 0.25) is 15.9 Å². The van der Waals surface area contributed by atoms with Crippen molar-refractivity contribution in [2.24, 2.45) is 0 Å². The molecular formula is C12H16ClFN2O3S. The number of rotatable bonds is 7. The van der Waals surface area contributed by atoms with Crippen molar-refractivity contribution in [2.45, 2.75) is 13.3 Å². The van der Waals surface area contributed by atoms with Crippen LogP contribution in [-0.4, -0.2) is 33.2 Å². The molecule has 0 bridgehead atoms. The van der Waals surface area contributed by atoms with E-state index in [1.165, 1.54) is 19.1 Å². The van der Waals surface area contributed by atoms with E-state index >= 15 is 0 Å². The van der Waals surface area contributed by atoms with Crippen LogP contribution >= 0.6 is 11.6 Å². The van der Waals surface area contributed by atoms with Gasteiger partial charge in [0, 0.05) is 18.1 Å². The number of benzene rings is 1. The molecule has 0 fully saturated rings. The van der Waals surface area contributed by atoms with Crippen LogP contribution in [0.4, 0.5) is 4.39 Å². The molecule has 2 N–H and O–H groups in total. The first kappa shape index (κ1) is 16.9. The zero-order valence-electron chi connectivity index (χ0n) is 10.9. The highest BCUT2D eigenvalue weighted by atomic mass is 35.5. The van der Waals surface area contributed by atoms with E-state index in [4.69, 9.17) is 11.6 Å². The van der Waals surface area contributed by atoms with E-state index in [0.717, 1.165) is 6.07 Å². The van der Waals surface area contributed by atoms with E-state index in [1.807, 2.05) is 0 Å². The summed E-state index contributed by atoms with van der Waals surface area (Å²) in [5.41, 5.74) is 0.514. The number of hydrogen-bond donors (Lipinski definition) is 2. The van der Waals surface area contributed by atoms with E-state index in [1.54, 1.807) is 0 Å². The topological polar surface area (TPSA) is 75.3 Å². The van der Waals surface area contributed by atoms with Gasteiger partial charge in [-0.15, -0.1) is 0 Å². The Morgan fingerprint density at radius 2 is 2.05 bits per heavy atom. The Labute approximate surface area is 122 Å². The Balaban J connectivity index is 2.37. The lowest BCUT2D eigenvalue weighted by molar-refractivity contribution is -0.120. The molecule has 0 saturated carbocycles. The van der Waals surface area contributed by atoms with Gasteiger partial charge in [-0.05, 0) is 24.6 Å². The Kier molecular flexibility index (Phi) is 6.38. The van der Waals surface area contributed by atoms with Crippen molar-refractivity contribution in [2.75, 3.05) is 18.8 Å². The lowest BCUT2D eigenvalue weighted by atomic mass is 10.1. The summed E-state index contributed by atoms with van der Waals surface area (Å²) in [6.07, 6.45) is 0.0135. The summed E-state index contributed by atoms with van der Waals surface area (Å²) < 4.78 is 37.4. The monoisotopic (exact) mass is 322 g/mol. The molecule has 0 unspecified atom stereocenters. The fraction of sp³-hybridized carbons (Fsp3) is 0.417. The van der Waals surface area contributed by atoms with Crippen molar-refractivity contribution in [1.82, 2.24) is 10.0 Å². The van der Waals surface area contributed by atoms with Crippen molar-refractivity contribution in [1.29, 1.82) is 0 Å². The van der Waals surface area contributed by atoms with Crippen LogP contribution in [0.5, 0.6) is 0 Å². The van der Waals surface area contributed by atoms with Gasteiger partial charge in [-0.2, -0.15) is 0 Å². The lowest BCUT2D eigenvalue weighted by Crippen LogP contribution is -2.35. The maximum absolute atomic E-state index is 12.8. The van der Waals surface area contributed by atoms with Gasteiger partial charge in [0.05, 0.1) is 12.2 Å².